The molecule has 1 N–H and O–H groups in total. The molecule has 0 aliphatic heterocycles. The SMILES string of the molecule is CCCc1c(C)n(CCc2ccccc2)c(=O)n1Cc1ccc(-c2ccccc2-c2nnn[nH]2)nc1. The average molecular weight is 480 g/mol. The number of aryl methyl sites for hydroxylation is 1. The van der Waals surface area contributed by atoms with E-state index in [4.69, 9.17) is 4.98 Å². The van der Waals surface area contributed by atoms with Crippen LogP contribution in [0.4, 0.5) is 0 Å². The molecule has 36 heavy (non-hydrogen) atoms. The van der Waals surface area contributed by atoms with E-state index in [9.17, 15) is 4.79 Å². The van der Waals surface area contributed by atoms with Crippen LogP contribution in [-0.2, 0) is 25.9 Å². The Bertz CT molecular complexity index is 1480. The minimum Gasteiger partial charge on any atom is -0.296 e. The second-order valence-electron chi connectivity index (χ2n) is 8.89. The molecule has 0 spiro atoms. The topological polar surface area (TPSA) is 94.3 Å². The summed E-state index contributed by atoms with van der Waals surface area (Å²) in [4.78, 5) is 18.2. The minimum absolute atomic E-state index is 0.0409. The molecule has 0 aliphatic carbocycles. The normalized spacial score (nSPS) is 11.2. The Morgan fingerprint density at radius 1 is 0.861 bits per heavy atom. The van der Waals surface area contributed by atoms with E-state index in [1.165, 1.54) is 5.56 Å². The molecule has 0 atom stereocenters. The van der Waals surface area contributed by atoms with Crippen molar-refractivity contribution < 1.29 is 0 Å². The number of aromatic amines is 1. The summed E-state index contributed by atoms with van der Waals surface area (Å²) < 4.78 is 3.83. The van der Waals surface area contributed by atoms with Crippen LogP contribution in [0.5, 0.6) is 0 Å². The smallest absolute Gasteiger partial charge is 0.296 e. The van der Waals surface area contributed by atoms with Crippen LogP contribution in [0.25, 0.3) is 22.6 Å². The molecule has 3 heterocycles. The van der Waals surface area contributed by atoms with Crippen molar-refractivity contribution in [3.05, 3.63) is 106 Å². The Hall–Kier alpha value is -4.33. The predicted octanol–water partition coefficient (Wildman–Crippen LogP) is 4.44. The molecule has 5 rings (SSSR count). The van der Waals surface area contributed by atoms with Crippen molar-refractivity contribution in [2.24, 2.45) is 0 Å². The summed E-state index contributed by atoms with van der Waals surface area (Å²) in [7, 11) is 0. The number of pyridine rings is 1. The number of H-pyrrole nitrogens is 1. The van der Waals surface area contributed by atoms with Gasteiger partial charge in [-0.25, -0.2) is 9.89 Å². The summed E-state index contributed by atoms with van der Waals surface area (Å²) in [5, 5.41) is 14.2. The third-order valence-electron chi connectivity index (χ3n) is 6.53. The molecule has 182 valence electrons. The summed E-state index contributed by atoms with van der Waals surface area (Å²) in [6.45, 7) is 5.37. The first-order valence-electron chi connectivity index (χ1n) is 12.3. The van der Waals surface area contributed by atoms with Gasteiger partial charge in [0.15, 0.2) is 5.82 Å². The van der Waals surface area contributed by atoms with Crippen molar-refractivity contribution in [1.29, 1.82) is 0 Å². The van der Waals surface area contributed by atoms with Gasteiger partial charge >= 0.3 is 5.69 Å². The highest BCUT2D eigenvalue weighted by Crippen LogP contribution is 2.28. The molecule has 0 saturated carbocycles. The van der Waals surface area contributed by atoms with E-state index in [2.05, 4.69) is 46.6 Å². The number of aromatic nitrogens is 7. The van der Waals surface area contributed by atoms with Crippen molar-refractivity contribution in [2.45, 2.75) is 46.2 Å². The van der Waals surface area contributed by atoms with Gasteiger partial charge in [0.2, 0.25) is 0 Å². The summed E-state index contributed by atoms with van der Waals surface area (Å²) in [5.74, 6) is 0.597. The zero-order valence-electron chi connectivity index (χ0n) is 20.6. The Morgan fingerprint density at radius 3 is 2.33 bits per heavy atom. The minimum atomic E-state index is 0.0409. The van der Waals surface area contributed by atoms with Crippen LogP contribution in [0, 0.1) is 6.92 Å². The lowest BCUT2D eigenvalue weighted by atomic mass is 10.0. The Kier molecular flexibility index (Phi) is 6.84. The van der Waals surface area contributed by atoms with Gasteiger partial charge in [0, 0.05) is 35.3 Å². The Labute approximate surface area is 209 Å². The molecule has 8 heteroatoms. The van der Waals surface area contributed by atoms with Crippen LogP contribution >= 0.6 is 0 Å². The van der Waals surface area contributed by atoms with E-state index in [0.29, 0.717) is 18.9 Å². The van der Waals surface area contributed by atoms with Crippen LogP contribution in [0.1, 0.15) is 35.9 Å². The van der Waals surface area contributed by atoms with Gasteiger partial charge in [-0.15, -0.1) is 5.10 Å². The fourth-order valence-electron chi connectivity index (χ4n) is 4.67. The molecular formula is C28H29N7O. The van der Waals surface area contributed by atoms with Gasteiger partial charge in [-0.3, -0.25) is 14.1 Å². The standard InChI is InChI=1S/C28H29N7O/c1-3-9-26-20(2)34(17-16-21-10-5-4-6-11-21)28(36)35(26)19-22-14-15-25(29-18-22)23-12-7-8-13-24(23)27-30-32-33-31-27/h4-8,10-15,18H,3,9,16-17,19H2,1-2H3,(H,30,31,32,33). The summed E-state index contributed by atoms with van der Waals surface area (Å²) in [5.41, 5.74) is 7.05. The van der Waals surface area contributed by atoms with Crippen LogP contribution in [0.3, 0.4) is 0 Å². The van der Waals surface area contributed by atoms with Gasteiger partial charge in [-0.1, -0.05) is 74.0 Å². The summed E-state index contributed by atoms with van der Waals surface area (Å²) >= 11 is 0. The monoisotopic (exact) mass is 479 g/mol. The molecular weight excluding hydrogens is 450 g/mol. The predicted molar refractivity (Wildman–Crippen MR) is 140 cm³/mol. The van der Waals surface area contributed by atoms with Crippen LogP contribution in [0.15, 0.2) is 77.7 Å². The van der Waals surface area contributed by atoms with E-state index >= 15 is 0 Å². The molecule has 0 radical (unpaired) electrons. The first kappa shape index (κ1) is 23.4. The number of benzene rings is 2. The van der Waals surface area contributed by atoms with Gasteiger partial charge in [0.1, 0.15) is 0 Å². The lowest BCUT2D eigenvalue weighted by Crippen LogP contribution is -2.26. The third-order valence-corrected chi connectivity index (χ3v) is 6.53. The highest BCUT2D eigenvalue weighted by Gasteiger charge is 2.17. The van der Waals surface area contributed by atoms with Gasteiger partial charge < -0.3 is 0 Å². The fraction of sp³-hybridized carbons (Fsp3) is 0.250. The molecule has 0 saturated heterocycles. The number of imidazole rings is 1. The lowest BCUT2D eigenvalue weighted by Gasteiger charge is -2.09. The molecule has 0 fully saturated rings. The fourth-order valence-corrected chi connectivity index (χ4v) is 4.67. The maximum atomic E-state index is 13.5. The number of nitrogens with one attached hydrogen (secondary N) is 1. The summed E-state index contributed by atoms with van der Waals surface area (Å²) in [6, 6.07) is 22.2. The van der Waals surface area contributed by atoms with E-state index < -0.39 is 0 Å². The zero-order valence-corrected chi connectivity index (χ0v) is 20.6. The molecule has 5 aromatic rings. The second kappa shape index (κ2) is 10.5. The van der Waals surface area contributed by atoms with Crippen LogP contribution < -0.4 is 5.69 Å². The maximum absolute atomic E-state index is 13.5. The van der Waals surface area contributed by atoms with E-state index in [1.807, 2.05) is 69.9 Å². The average Bonchev–Trinajstić information content (AvgIpc) is 3.53. The van der Waals surface area contributed by atoms with E-state index in [1.54, 1.807) is 0 Å². The third kappa shape index (κ3) is 4.75. The number of tetrazole rings is 1. The number of hydrogen-bond acceptors (Lipinski definition) is 5. The molecule has 8 nitrogen and oxygen atoms in total. The van der Waals surface area contributed by atoms with Gasteiger partial charge in [0.05, 0.1) is 12.2 Å². The molecule has 2 aromatic carbocycles. The van der Waals surface area contributed by atoms with E-state index in [0.717, 1.165) is 53.0 Å². The highest BCUT2D eigenvalue weighted by atomic mass is 16.1. The van der Waals surface area contributed by atoms with Crippen molar-refractivity contribution in [3.63, 3.8) is 0 Å². The zero-order chi connectivity index (χ0) is 24.9. The number of hydrogen-bond donors (Lipinski definition) is 1. The van der Waals surface area contributed by atoms with Crippen LogP contribution in [0.2, 0.25) is 0 Å². The first-order chi connectivity index (χ1) is 17.7. The number of nitrogens with zero attached hydrogens (tertiary/aromatic N) is 6. The number of rotatable bonds is 9. The van der Waals surface area contributed by atoms with Gasteiger partial charge in [-0.2, -0.15) is 0 Å². The first-order valence-corrected chi connectivity index (χ1v) is 12.3. The molecule has 0 amide bonds. The van der Waals surface area contributed by atoms with Crippen molar-refractivity contribution in [3.8, 4) is 22.6 Å². The van der Waals surface area contributed by atoms with Gasteiger partial charge in [0.25, 0.3) is 0 Å². The highest BCUT2D eigenvalue weighted by molar-refractivity contribution is 5.78. The molecule has 0 unspecified atom stereocenters. The van der Waals surface area contributed by atoms with E-state index in [-0.39, 0.29) is 5.69 Å². The summed E-state index contributed by atoms with van der Waals surface area (Å²) in [6.07, 6.45) is 4.52. The lowest BCUT2D eigenvalue weighted by molar-refractivity contribution is 0.621. The van der Waals surface area contributed by atoms with Crippen molar-refractivity contribution in [2.75, 3.05) is 0 Å². The largest absolute Gasteiger partial charge is 0.328 e. The van der Waals surface area contributed by atoms with Gasteiger partial charge in [-0.05, 0) is 47.4 Å². The molecule has 0 bridgehead atoms. The second-order valence-corrected chi connectivity index (χ2v) is 8.89. The molecule has 0 aliphatic rings. The Morgan fingerprint density at radius 2 is 1.64 bits per heavy atom. The molecule has 3 aromatic heterocycles. The van der Waals surface area contributed by atoms with Crippen molar-refractivity contribution >= 4 is 0 Å². The Balaban J connectivity index is 1.41. The van der Waals surface area contributed by atoms with Crippen molar-refractivity contribution in [1.82, 2.24) is 34.7 Å². The quantitative estimate of drug-likeness (QED) is 0.337. The van der Waals surface area contributed by atoms with Crippen LogP contribution in [-0.4, -0.2) is 34.7 Å². The maximum Gasteiger partial charge on any atom is 0.328 e.